The van der Waals surface area contributed by atoms with Gasteiger partial charge in [-0.05, 0) is 16.7 Å². The normalized spacial score (nSPS) is 19.7. The minimum Gasteiger partial charge on any atom is -0.314 e. The van der Waals surface area contributed by atoms with Crippen molar-refractivity contribution in [2.45, 2.75) is 6.04 Å². The lowest BCUT2D eigenvalue weighted by Crippen LogP contribution is -2.42. The van der Waals surface area contributed by atoms with Crippen molar-refractivity contribution in [3.63, 3.8) is 0 Å². The van der Waals surface area contributed by atoms with Crippen molar-refractivity contribution in [2.75, 3.05) is 19.6 Å². The van der Waals surface area contributed by atoms with Crippen molar-refractivity contribution >= 4 is 0 Å². The number of hydrogen-bond acceptors (Lipinski definition) is 2. The molecule has 1 saturated heterocycles. The molecule has 2 nitrogen and oxygen atoms in total. The van der Waals surface area contributed by atoms with Gasteiger partial charge in [-0.15, -0.1) is 0 Å². The third kappa shape index (κ3) is 2.30. The Bertz CT molecular complexity index is 502. The number of nitrogens with one attached hydrogen (secondary N) is 2. The highest BCUT2D eigenvalue weighted by molar-refractivity contribution is 5.67. The molecule has 2 N–H and O–H groups in total. The van der Waals surface area contributed by atoms with Gasteiger partial charge < -0.3 is 10.6 Å². The summed E-state index contributed by atoms with van der Waals surface area (Å²) in [6.45, 7) is 3.10. The van der Waals surface area contributed by atoms with E-state index >= 15 is 0 Å². The third-order valence-corrected chi connectivity index (χ3v) is 3.46. The van der Waals surface area contributed by atoms with Gasteiger partial charge in [0.1, 0.15) is 0 Å². The monoisotopic (exact) mass is 238 g/mol. The molecule has 0 saturated carbocycles. The van der Waals surface area contributed by atoms with Gasteiger partial charge in [-0.1, -0.05) is 54.6 Å². The van der Waals surface area contributed by atoms with Gasteiger partial charge in [-0.3, -0.25) is 0 Å². The Morgan fingerprint density at radius 2 is 1.61 bits per heavy atom. The van der Waals surface area contributed by atoms with Gasteiger partial charge >= 0.3 is 0 Å². The molecule has 0 spiro atoms. The van der Waals surface area contributed by atoms with Crippen LogP contribution in [0.5, 0.6) is 0 Å². The Morgan fingerprint density at radius 3 is 2.39 bits per heavy atom. The predicted octanol–water partition coefficient (Wildman–Crippen LogP) is 2.59. The maximum atomic E-state index is 3.58. The molecular formula is C16H18N2. The van der Waals surface area contributed by atoms with Crippen LogP contribution in [0.15, 0.2) is 54.6 Å². The van der Waals surface area contributed by atoms with E-state index in [9.17, 15) is 0 Å². The number of hydrogen-bond donors (Lipinski definition) is 2. The molecule has 2 aromatic carbocycles. The van der Waals surface area contributed by atoms with Crippen LogP contribution >= 0.6 is 0 Å². The van der Waals surface area contributed by atoms with Gasteiger partial charge in [-0.25, -0.2) is 0 Å². The second-order valence-electron chi connectivity index (χ2n) is 4.66. The molecule has 1 atom stereocenters. The average molecular weight is 238 g/mol. The van der Waals surface area contributed by atoms with E-state index in [4.69, 9.17) is 0 Å². The van der Waals surface area contributed by atoms with Crippen molar-refractivity contribution < 1.29 is 0 Å². The standard InChI is InChI=1S/C16H18N2/c1-2-6-13(7-3-1)14-8-4-5-9-15(14)16-12-17-10-11-18-16/h1-9,16-18H,10-12H2. The van der Waals surface area contributed by atoms with Crippen molar-refractivity contribution in [3.8, 4) is 11.1 Å². The van der Waals surface area contributed by atoms with Crippen molar-refractivity contribution in [2.24, 2.45) is 0 Å². The first kappa shape index (κ1) is 11.5. The third-order valence-electron chi connectivity index (χ3n) is 3.46. The summed E-state index contributed by atoms with van der Waals surface area (Å²) in [5.74, 6) is 0. The summed E-state index contributed by atoms with van der Waals surface area (Å²) in [5.41, 5.74) is 4.01. The average Bonchev–Trinajstić information content (AvgIpc) is 2.49. The highest BCUT2D eigenvalue weighted by atomic mass is 15.1. The molecule has 0 aliphatic carbocycles. The van der Waals surface area contributed by atoms with Crippen LogP contribution in [0.2, 0.25) is 0 Å². The molecule has 0 amide bonds. The first-order valence-corrected chi connectivity index (χ1v) is 6.53. The van der Waals surface area contributed by atoms with E-state index in [0.29, 0.717) is 6.04 Å². The number of piperazine rings is 1. The molecule has 92 valence electrons. The fourth-order valence-corrected chi connectivity index (χ4v) is 2.55. The minimum atomic E-state index is 0.412. The molecule has 1 fully saturated rings. The molecule has 2 heteroatoms. The maximum absolute atomic E-state index is 3.58. The molecule has 1 aliphatic rings. The van der Waals surface area contributed by atoms with Gasteiger partial charge in [0.2, 0.25) is 0 Å². The van der Waals surface area contributed by atoms with E-state index in [1.165, 1.54) is 16.7 Å². The van der Waals surface area contributed by atoms with Crippen LogP contribution in [0, 0.1) is 0 Å². The molecule has 0 radical (unpaired) electrons. The SMILES string of the molecule is c1ccc(-c2ccccc2C2CNCCN2)cc1. The second-order valence-corrected chi connectivity index (χ2v) is 4.66. The summed E-state index contributed by atoms with van der Waals surface area (Å²) in [7, 11) is 0. The Kier molecular flexibility index (Phi) is 3.40. The van der Waals surface area contributed by atoms with Crippen molar-refractivity contribution in [3.05, 3.63) is 60.2 Å². The lowest BCUT2D eigenvalue weighted by molar-refractivity contribution is 0.431. The summed E-state index contributed by atoms with van der Waals surface area (Å²) in [4.78, 5) is 0. The van der Waals surface area contributed by atoms with Crippen LogP contribution in [0.4, 0.5) is 0 Å². The van der Waals surface area contributed by atoms with Crippen LogP contribution in [-0.4, -0.2) is 19.6 Å². The van der Waals surface area contributed by atoms with Crippen LogP contribution in [0.1, 0.15) is 11.6 Å². The van der Waals surface area contributed by atoms with Gasteiger partial charge in [0.25, 0.3) is 0 Å². The van der Waals surface area contributed by atoms with Gasteiger partial charge in [0, 0.05) is 25.7 Å². The minimum absolute atomic E-state index is 0.412. The van der Waals surface area contributed by atoms with Gasteiger partial charge in [0.05, 0.1) is 0 Å². The molecular weight excluding hydrogens is 220 g/mol. The molecule has 0 aromatic heterocycles. The van der Waals surface area contributed by atoms with E-state index < -0.39 is 0 Å². The summed E-state index contributed by atoms with van der Waals surface area (Å²) in [5, 5.41) is 7.03. The highest BCUT2D eigenvalue weighted by Gasteiger charge is 2.17. The summed E-state index contributed by atoms with van der Waals surface area (Å²) < 4.78 is 0. The molecule has 1 unspecified atom stereocenters. The second kappa shape index (κ2) is 5.34. The first-order chi connectivity index (χ1) is 8.95. The van der Waals surface area contributed by atoms with Gasteiger partial charge in [0.15, 0.2) is 0 Å². The van der Waals surface area contributed by atoms with E-state index in [1.54, 1.807) is 0 Å². The van der Waals surface area contributed by atoms with E-state index in [1.807, 2.05) is 0 Å². The molecule has 18 heavy (non-hydrogen) atoms. The molecule has 1 aliphatic heterocycles. The Morgan fingerprint density at radius 1 is 0.833 bits per heavy atom. The smallest absolute Gasteiger partial charge is 0.0453 e. The van der Waals surface area contributed by atoms with Gasteiger partial charge in [-0.2, -0.15) is 0 Å². The largest absolute Gasteiger partial charge is 0.314 e. The first-order valence-electron chi connectivity index (χ1n) is 6.53. The Labute approximate surface area is 108 Å². The summed E-state index contributed by atoms with van der Waals surface area (Å²) in [6.07, 6.45) is 0. The van der Waals surface area contributed by atoms with Crippen LogP contribution in [-0.2, 0) is 0 Å². The lowest BCUT2D eigenvalue weighted by atomic mass is 9.94. The van der Waals surface area contributed by atoms with E-state index in [0.717, 1.165) is 19.6 Å². The van der Waals surface area contributed by atoms with E-state index in [2.05, 4.69) is 65.2 Å². The molecule has 1 heterocycles. The summed E-state index contributed by atoms with van der Waals surface area (Å²) >= 11 is 0. The van der Waals surface area contributed by atoms with E-state index in [-0.39, 0.29) is 0 Å². The zero-order chi connectivity index (χ0) is 12.2. The Hall–Kier alpha value is -1.64. The maximum Gasteiger partial charge on any atom is 0.0453 e. The van der Waals surface area contributed by atoms with Crippen LogP contribution < -0.4 is 10.6 Å². The van der Waals surface area contributed by atoms with Crippen molar-refractivity contribution in [1.82, 2.24) is 10.6 Å². The van der Waals surface area contributed by atoms with Crippen LogP contribution in [0.3, 0.4) is 0 Å². The lowest BCUT2D eigenvalue weighted by Gasteiger charge is -2.26. The molecule has 0 bridgehead atoms. The van der Waals surface area contributed by atoms with Crippen molar-refractivity contribution in [1.29, 1.82) is 0 Å². The Balaban J connectivity index is 1.99. The predicted molar refractivity (Wildman–Crippen MR) is 75.5 cm³/mol. The molecule has 2 aromatic rings. The quantitative estimate of drug-likeness (QED) is 0.840. The number of rotatable bonds is 2. The fraction of sp³-hybridized carbons (Fsp3) is 0.250. The summed E-state index contributed by atoms with van der Waals surface area (Å²) in [6, 6.07) is 19.7. The topological polar surface area (TPSA) is 24.1 Å². The number of benzene rings is 2. The fourth-order valence-electron chi connectivity index (χ4n) is 2.55. The highest BCUT2D eigenvalue weighted by Crippen LogP contribution is 2.28. The zero-order valence-corrected chi connectivity index (χ0v) is 10.4. The zero-order valence-electron chi connectivity index (χ0n) is 10.4. The van der Waals surface area contributed by atoms with Crippen LogP contribution in [0.25, 0.3) is 11.1 Å². The molecule has 3 rings (SSSR count).